The average Bonchev–Trinajstić information content (AvgIpc) is 3.60. The maximum atomic E-state index is 14.9. The van der Waals surface area contributed by atoms with Gasteiger partial charge in [0.15, 0.2) is 0 Å². The van der Waals surface area contributed by atoms with E-state index in [1.165, 1.54) is 6.07 Å². The summed E-state index contributed by atoms with van der Waals surface area (Å²) < 4.78 is 27.1. The molecule has 36 heavy (non-hydrogen) atoms. The van der Waals surface area contributed by atoms with E-state index in [-0.39, 0.29) is 29.1 Å². The molecule has 8 heteroatoms. The second-order valence-electron chi connectivity index (χ2n) is 10.3. The molecule has 1 N–H and O–H groups in total. The molecule has 3 aliphatic rings. The Morgan fingerprint density at radius 2 is 1.81 bits per heavy atom. The fraction of sp³-hybridized carbons (Fsp3) is 0.429. The molecule has 2 aromatic carbocycles. The van der Waals surface area contributed by atoms with Crippen molar-refractivity contribution in [3.8, 4) is 17.3 Å². The van der Waals surface area contributed by atoms with Crippen LogP contribution in [-0.4, -0.2) is 16.4 Å². The third-order valence-electron chi connectivity index (χ3n) is 8.16. The van der Waals surface area contributed by atoms with Gasteiger partial charge in [-0.15, -0.1) is 0 Å². The van der Waals surface area contributed by atoms with Crippen molar-refractivity contribution in [3.05, 3.63) is 74.7 Å². The number of benzene rings is 2. The van der Waals surface area contributed by atoms with Gasteiger partial charge in [-0.1, -0.05) is 40.5 Å². The van der Waals surface area contributed by atoms with Gasteiger partial charge in [0.2, 0.25) is 0 Å². The van der Waals surface area contributed by atoms with Crippen LogP contribution in [0.25, 0.3) is 11.3 Å². The molecule has 3 saturated carbocycles. The van der Waals surface area contributed by atoms with Crippen LogP contribution in [0.3, 0.4) is 0 Å². The zero-order valence-electron chi connectivity index (χ0n) is 19.5. The number of nitrogens with zero attached hydrogens (tertiary/aromatic N) is 2. The Bertz CT molecular complexity index is 1330. The molecule has 5 nitrogen and oxygen atoms in total. The van der Waals surface area contributed by atoms with Gasteiger partial charge < -0.3 is 14.4 Å². The highest BCUT2D eigenvalue weighted by Crippen LogP contribution is 2.56. The highest BCUT2D eigenvalue weighted by molar-refractivity contribution is 6.39. The van der Waals surface area contributed by atoms with E-state index in [1.54, 1.807) is 30.3 Å². The summed E-state index contributed by atoms with van der Waals surface area (Å²) in [7, 11) is 0. The molecule has 1 heterocycles. The van der Waals surface area contributed by atoms with Crippen LogP contribution in [0.5, 0.6) is 0 Å². The van der Waals surface area contributed by atoms with Crippen molar-refractivity contribution in [1.82, 2.24) is 5.16 Å². The lowest BCUT2D eigenvalue weighted by Crippen LogP contribution is -2.45. The summed E-state index contributed by atoms with van der Waals surface area (Å²) in [4.78, 5) is 0. The van der Waals surface area contributed by atoms with Crippen LogP contribution in [0.1, 0.15) is 66.9 Å². The smallest absolute Gasteiger partial charge is 0.145 e. The van der Waals surface area contributed by atoms with E-state index in [4.69, 9.17) is 37.7 Å². The SMILES string of the molecule is N#Cc1ccc([C@@]2(O)[C@@H]3CC[C@H]2C[C@@H](OCc2c(-c4c(Cl)cccc4Cl)noc2C2CC2)C3)c(F)c1. The summed E-state index contributed by atoms with van der Waals surface area (Å²) in [6.45, 7) is 0.306. The number of hydrogen-bond donors (Lipinski definition) is 1. The first-order chi connectivity index (χ1) is 17.4. The lowest BCUT2D eigenvalue weighted by Gasteiger charge is -2.43. The molecule has 0 spiro atoms. The monoisotopic (exact) mass is 526 g/mol. The Morgan fingerprint density at radius 1 is 1.11 bits per heavy atom. The number of hydrogen-bond acceptors (Lipinski definition) is 5. The molecule has 4 atom stereocenters. The Hall–Kier alpha value is -2.43. The molecule has 0 aliphatic heterocycles. The number of aromatic nitrogens is 1. The molecule has 0 amide bonds. The van der Waals surface area contributed by atoms with E-state index in [1.807, 2.05) is 6.07 Å². The Balaban J connectivity index is 1.24. The molecule has 0 radical (unpaired) electrons. The van der Waals surface area contributed by atoms with Crippen LogP contribution < -0.4 is 0 Å². The maximum absolute atomic E-state index is 14.9. The summed E-state index contributed by atoms with van der Waals surface area (Å²) in [5.41, 5.74) is 1.42. The summed E-state index contributed by atoms with van der Waals surface area (Å²) in [6.07, 6.45) is 4.88. The van der Waals surface area contributed by atoms with Gasteiger partial charge in [0, 0.05) is 22.6 Å². The summed E-state index contributed by atoms with van der Waals surface area (Å²) >= 11 is 12.9. The topological polar surface area (TPSA) is 79.3 Å². The Kier molecular flexibility index (Phi) is 6.08. The largest absolute Gasteiger partial charge is 0.384 e. The predicted octanol–water partition coefficient (Wildman–Crippen LogP) is 7.13. The number of nitriles is 1. The Morgan fingerprint density at radius 3 is 2.42 bits per heavy atom. The van der Waals surface area contributed by atoms with Crippen molar-refractivity contribution in [2.75, 3.05) is 0 Å². The molecular formula is C28H25Cl2FN2O3. The maximum Gasteiger partial charge on any atom is 0.145 e. The number of halogens is 3. The molecule has 2 bridgehead atoms. The lowest BCUT2D eigenvalue weighted by atomic mass is 9.69. The van der Waals surface area contributed by atoms with E-state index in [9.17, 15) is 9.50 Å². The Labute approximate surface area is 218 Å². The minimum atomic E-state index is -1.25. The van der Waals surface area contributed by atoms with Crippen molar-refractivity contribution in [1.29, 1.82) is 5.26 Å². The summed E-state index contributed by atoms with van der Waals surface area (Å²) in [5.74, 6) is 0.403. The third-order valence-corrected chi connectivity index (χ3v) is 8.79. The third kappa shape index (κ3) is 3.94. The normalized spacial score (nSPS) is 27.2. The van der Waals surface area contributed by atoms with Crippen molar-refractivity contribution >= 4 is 23.2 Å². The highest BCUT2D eigenvalue weighted by Gasteiger charge is 2.55. The number of rotatable bonds is 6. The first kappa shape index (κ1) is 23.9. The van der Waals surface area contributed by atoms with E-state index in [0.29, 0.717) is 46.7 Å². The van der Waals surface area contributed by atoms with E-state index >= 15 is 0 Å². The first-order valence-corrected chi connectivity index (χ1v) is 13.1. The molecule has 186 valence electrons. The van der Waals surface area contributed by atoms with Crippen LogP contribution in [0.2, 0.25) is 10.0 Å². The molecular weight excluding hydrogens is 502 g/mol. The zero-order chi connectivity index (χ0) is 25.0. The molecule has 3 fully saturated rings. The predicted molar refractivity (Wildman–Crippen MR) is 133 cm³/mol. The van der Waals surface area contributed by atoms with Crippen LogP contribution in [0.4, 0.5) is 4.39 Å². The van der Waals surface area contributed by atoms with Gasteiger partial charge in [-0.2, -0.15) is 5.26 Å². The van der Waals surface area contributed by atoms with Crippen LogP contribution in [-0.2, 0) is 16.9 Å². The van der Waals surface area contributed by atoms with Crippen molar-refractivity contribution in [2.24, 2.45) is 11.8 Å². The van der Waals surface area contributed by atoms with E-state index in [2.05, 4.69) is 5.16 Å². The molecule has 1 aromatic heterocycles. The molecule has 3 aromatic rings. The molecule has 0 saturated heterocycles. The lowest BCUT2D eigenvalue weighted by molar-refractivity contribution is -0.117. The van der Waals surface area contributed by atoms with Crippen molar-refractivity contribution < 1.29 is 18.8 Å². The van der Waals surface area contributed by atoms with E-state index < -0.39 is 11.4 Å². The standard InChI is InChI=1S/C28H25Cl2FN2O3/c29-22-2-1-3-23(30)25(22)26-20(27(36-33-26)16-5-6-16)14-35-19-11-17-7-8-18(12-19)28(17,34)21-9-4-15(13-32)10-24(21)31/h1-4,9-10,16-19,34H,5-8,11-12,14H2/t17-,18+,19+,28-. The fourth-order valence-electron chi connectivity index (χ4n) is 6.24. The summed E-state index contributed by atoms with van der Waals surface area (Å²) in [6, 6.07) is 11.7. The van der Waals surface area contributed by atoms with Gasteiger partial charge in [0.1, 0.15) is 17.3 Å². The first-order valence-electron chi connectivity index (χ1n) is 12.4. The van der Waals surface area contributed by atoms with Gasteiger partial charge in [-0.3, -0.25) is 0 Å². The van der Waals surface area contributed by atoms with Crippen LogP contribution in [0.15, 0.2) is 40.9 Å². The van der Waals surface area contributed by atoms with Gasteiger partial charge in [0.25, 0.3) is 0 Å². The zero-order valence-corrected chi connectivity index (χ0v) is 21.0. The van der Waals surface area contributed by atoms with Crippen LogP contribution >= 0.6 is 23.2 Å². The summed E-state index contributed by atoms with van der Waals surface area (Å²) in [5, 5.41) is 26.1. The second kappa shape index (κ2) is 9.15. The molecule has 0 unspecified atom stereocenters. The second-order valence-corrected chi connectivity index (χ2v) is 11.1. The minimum Gasteiger partial charge on any atom is -0.384 e. The number of ether oxygens (including phenoxy) is 1. The quantitative estimate of drug-likeness (QED) is 0.369. The highest BCUT2D eigenvalue weighted by atomic mass is 35.5. The molecule has 3 aliphatic carbocycles. The van der Waals surface area contributed by atoms with Crippen LogP contribution in [0, 0.1) is 29.0 Å². The van der Waals surface area contributed by atoms with Crippen molar-refractivity contribution in [2.45, 2.75) is 62.8 Å². The number of aliphatic hydroxyl groups is 1. The fourth-order valence-corrected chi connectivity index (χ4v) is 6.81. The average molecular weight is 527 g/mol. The molecule has 6 rings (SSSR count). The number of fused-ring (bicyclic) bond motifs is 2. The minimum absolute atomic E-state index is 0.0826. The van der Waals surface area contributed by atoms with Gasteiger partial charge >= 0.3 is 0 Å². The van der Waals surface area contributed by atoms with Gasteiger partial charge in [0.05, 0.1) is 40.0 Å². The van der Waals surface area contributed by atoms with Gasteiger partial charge in [-0.05, 0) is 74.6 Å². The van der Waals surface area contributed by atoms with Crippen molar-refractivity contribution in [3.63, 3.8) is 0 Å². The van der Waals surface area contributed by atoms with Gasteiger partial charge in [-0.25, -0.2) is 4.39 Å². The van der Waals surface area contributed by atoms with E-state index in [0.717, 1.165) is 37.0 Å².